The number of fused-ring (bicyclic) bond motifs is 3. The number of amides is 1. The quantitative estimate of drug-likeness (QED) is 0.796. The molecule has 3 rings (SSSR count). The molecule has 1 amide bonds. The van der Waals surface area contributed by atoms with E-state index < -0.39 is 18.7 Å². The first-order chi connectivity index (χ1) is 9.87. The van der Waals surface area contributed by atoms with Crippen LogP contribution in [0.15, 0.2) is 12.1 Å². The number of carbonyl (C=O) groups excluding carboxylic acids is 1. The number of ether oxygens (including phenoxy) is 4. The van der Waals surface area contributed by atoms with Crippen LogP contribution in [0.3, 0.4) is 0 Å². The number of carbonyl (C=O) groups is 1. The zero-order valence-corrected chi connectivity index (χ0v) is 11.4. The van der Waals surface area contributed by atoms with Gasteiger partial charge in [-0.2, -0.15) is 0 Å². The van der Waals surface area contributed by atoms with Gasteiger partial charge < -0.3 is 23.8 Å². The van der Waals surface area contributed by atoms with Crippen molar-refractivity contribution < 1.29 is 32.5 Å². The zero-order chi connectivity index (χ0) is 15.2. The van der Waals surface area contributed by atoms with Gasteiger partial charge in [0.15, 0.2) is 11.5 Å². The third-order valence-electron chi connectivity index (χ3n) is 3.15. The van der Waals surface area contributed by atoms with Crippen LogP contribution in [0.2, 0.25) is 0 Å². The van der Waals surface area contributed by atoms with Gasteiger partial charge in [0.1, 0.15) is 0 Å². The minimum atomic E-state index is -3.73. The summed E-state index contributed by atoms with van der Waals surface area (Å²) in [6.45, 7) is 0.314. The Bertz CT molecular complexity index is 590. The van der Waals surface area contributed by atoms with Gasteiger partial charge in [0.25, 0.3) is 0 Å². The number of benzene rings is 1. The van der Waals surface area contributed by atoms with Crippen molar-refractivity contribution >= 4 is 6.09 Å². The van der Waals surface area contributed by atoms with Gasteiger partial charge in [-0.3, -0.25) is 0 Å². The van der Waals surface area contributed by atoms with Crippen LogP contribution in [0.25, 0.3) is 0 Å². The molecule has 0 fully saturated rings. The highest BCUT2D eigenvalue weighted by atomic mass is 19.3. The average Bonchev–Trinajstić information content (AvgIpc) is 2.72. The summed E-state index contributed by atoms with van der Waals surface area (Å²) in [6.07, 6.45) is -4.97. The van der Waals surface area contributed by atoms with Crippen molar-refractivity contribution in [2.24, 2.45) is 0 Å². The van der Waals surface area contributed by atoms with E-state index in [0.717, 1.165) is 5.56 Å². The average molecular weight is 301 g/mol. The first-order valence-electron chi connectivity index (χ1n) is 6.28. The van der Waals surface area contributed by atoms with E-state index in [9.17, 15) is 13.6 Å². The molecule has 2 heterocycles. The summed E-state index contributed by atoms with van der Waals surface area (Å²) in [5.41, 5.74) is 0.990. The van der Waals surface area contributed by atoms with Crippen molar-refractivity contribution in [3.05, 3.63) is 23.3 Å². The van der Waals surface area contributed by atoms with E-state index in [1.165, 1.54) is 25.1 Å². The summed E-state index contributed by atoms with van der Waals surface area (Å²) in [5.74, 6) is -0.246. The van der Waals surface area contributed by atoms with E-state index in [1.807, 2.05) is 0 Å². The van der Waals surface area contributed by atoms with Crippen LogP contribution in [0.1, 0.15) is 17.4 Å². The molecule has 0 bridgehead atoms. The fraction of sp³-hybridized carbons (Fsp3) is 0.462. The molecule has 2 aliphatic heterocycles. The Hall–Kier alpha value is -2.09. The van der Waals surface area contributed by atoms with E-state index in [1.54, 1.807) is 6.07 Å². The van der Waals surface area contributed by atoms with Crippen LogP contribution in [-0.2, 0) is 15.9 Å². The lowest BCUT2D eigenvalue weighted by Crippen LogP contribution is -2.29. The fourth-order valence-corrected chi connectivity index (χ4v) is 2.20. The molecule has 21 heavy (non-hydrogen) atoms. The monoisotopic (exact) mass is 301 g/mol. The van der Waals surface area contributed by atoms with Crippen LogP contribution in [0, 0.1) is 0 Å². The molecule has 0 N–H and O–H groups in total. The third kappa shape index (κ3) is 2.46. The van der Waals surface area contributed by atoms with Gasteiger partial charge in [-0.15, -0.1) is 8.78 Å². The van der Waals surface area contributed by atoms with E-state index in [-0.39, 0.29) is 17.1 Å². The van der Waals surface area contributed by atoms with Gasteiger partial charge in [-0.25, -0.2) is 4.79 Å². The molecule has 1 aromatic rings. The van der Waals surface area contributed by atoms with E-state index in [4.69, 9.17) is 9.47 Å². The number of rotatable bonds is 1. The number of alkyl halides is 2. The Morgan fingerprint density at radius 2 is 2.14 bits per heavy atom. The second-order valence-electron chi connectivity index (χ2n) is 4.86. The molecule has 6 nitrogen and oxygen atoms in total. The van der Waals surface area contributed by atoms with Gasteiger partial charge in [0.05, 0.1) is 12.2 Å². The van der Waals surface area contributed by atoms with Crippen LogP contribution in [0.5, 0.6) is 11.5 Å². The summed E-state index contributed by atoms with van der Waals surface area (Å²) >= 11 is 0. The number of halogens is 2. The molecular weight excluding hydrogens is 288 g/mol. The number of hydrogen-bond donors (Lipinski definition) is 0. The molecule has 0 saturated heterocycles. The molecule has 114 valence electrons. The van der Waals surface area contributed by atoms with Crippen molar-refractivity contribution in [2.75, 3.05) is 20.7 Å². The van der Waals surface area contributed by atoms with E-state index in [0.29, 0.717) is 13.0 Å². The largest absolute Gasteiger partial charge is 0.586 e. The van der Waals surface area contributed by atoms with Gasteiger partial charge in [-0.05, 0) is 18.1 Å². The van der Waals surface area contributed by atoms with Gasteiger partial charge in [0.2, 0.25) is 6.29 Å². The SMILES string of the molecule is CN(C)C(=O)OC1OCCc2ccc3c(c21)OC(F)(F)O3. The van der Waals surface area contributed by atoms with Crippen LogP contribution in [-0.4, -0.2) is 38.0 Å². The lowest BCUT2D eigenvalue weighted by Gasteiger charge is -2.27. The lowest BCUT2D eigenvalue weighted by molar-refractivity contribution is -0.287. The maximum absolute atomic E-state index is 13.2. The molecule has 2 aliphatic rings. The van der Waals surface area contributed by atoms with Crippen molar-refractivity contribution in [3.8, 4) is 11.5 Å². The highest BCUT2D eigenvalue weighted by Crippen LogP contribution is 2.48. The van der Waals surface area contributed by atoms with Crippen LogP contribution < -0.4 is 9.47 Å². The molecule has 1 aromatic carbocycles. The van der Waals surface area contributed by atoms with Crippen molar-refractivity contribution in [3.63, 3.8) is 0 Å². The van der Waals surface area contributed by atoms with Gasteiger partial charge >= 0.3 is 12.4 Å². The number of hydrogen-bond acceptors (Lipinski definition) is 5. The first-order valence-corrected chi connectivity index (χ1v) is 6.28. The predicted molar refractivity (Wildman–Crippen MR) is 65.2 cm³/mol. The molecule has 0 radical (unpaired) electrons. The molecule has 0 saturated carbocycles. The Balaban J connectivity index is 1.97. The highest BCUT2D eigenvalue weighted by molar-refractivity contribution is 5.67. The molecular formula is C13H13F2NO5. The molecule has 8 heteroatoms. The summed E-state index contributed by atoms with van der Waals surface area (Å²) in [7, 11) is 3.02. The maximum Gasteiger partial charge on any atom is 0.586 e. The Morgan fingerprint density at radius 1 is 1.38 bits per heavy atom. The second kappa shape index (κ2) is 4.73. The Kier molecular flexibility index (Phi) is 3.12. The zero-order valence-electron chi connectivity index (χ0n) is 11.4. The minimum absolute atomic E-state index is 0.102. The molecule has 0 spiro atoms. The summed E-state index contributed by atoms with van der Waals surface area (Å²) in [5, 5.41) is 0. The van der Waals surface area contributed by atoms with Gasteiger partial charge in [-0.1, -0.05) is 6.07 Å². The maximum atomic E-state index is 13.2. The Labute approximate surface area is 119 Å². The highest BCUT2D eigenvalue weighted by Gasteiger charge is 2.47. The standard InChI is InChI=1S/C13H13F2NO5/c1-16(2)12(17)19-11-9-7(5-6-18-11)3-4-8-10(9)21-13(14,15)20-8/h3-4,11H,5-6H2,1-2H3. The van der Waals surface area contributed by atoms with Gasteiger partial charge in [0, 0.05) is 14.1 Å². The van der Waals surface area contributed by atoms with Crippen molar-refractivity contribution in [1.82, 2.24) is 4.90 Å². The summed E-state index contributed by atoms with van der Waals surface area (Å²) in [6, 6.07) is 3.04. The van der Waals surface area contributed by atoms with Crippen LogP contribution >= 0.6 is 0 Å². The molecule has 1 atom stereocenters. The molecule has 0 aromatic heterocycles. The smallest absolute Gasteiger partial charge is 0.415 e. The van der Waals surface area contributed by atoms with Crippen LogP contribution in [0.4, 0.5) is 13.6 Å². The fourth-order valence-electron chi connectivity index (χ4n) is 2.20. The first kappa shape index (κ1) is 13.9. The number of nitrogens with zero attached hydrogens (tertiary/aromatic N) is 1. The van der Waals surface area contributed by atoms with E-state index >= 15 is 0 Å². The molecule has 1 unspecified atom stereocenters. The third-order valence-corrected chi connectivity index (χ3v) is 3.15. The summed E-state index contributed by atoms with van der Waals surface area (Å²) in [4.78, 5) is 12.9. The normalized spacial score (nSPS) is 21.6. The summed E-state index contributed by atoms with van der Waals surface area (Å²) < 4.78 is 45.9. The van der Waals surface area contributed by atoms with Crippen molar-refractivity contribution in [1.29, 1.82) is 0 Å². The lowest BCUT2D eigenvalue weighted by atomic mass is 10.0. The Morgan fingerprint density at radius 3 is 2.86 bits per heavy atom. The molecule has 0 aliphatic carbocycles. The second-order valence-corrected chi connectivity index (χ2v) is 4.86. The minimum Gasteiger partial charge on any atom is -0.415 e. The predicted octanol–water partition coefficient (Wildman–Crippen LogP) is 2.28. The van der Waals surface area contributed by atoms with Crippen molar-refractivity contribution in [2.45, 2.75) is 19.0 Å². The topological polar surface area (TPSA) is 57.2 Å². The van der Waals surface area contributed by atoms with E-state index in [2.05, 4.69) is 9.47 Å².